The van der Waals surface area contributed by atoms with E-state index in [1.54, 1.807) is 0 Å². The number of hydrogen-bond acceptors (Lipinski definition) is 2. The highest BCUT2D eigenvalue weighted by atomic mass is 16.1. The fraction of sp³-hybridized carbons (Fsp3) is 0.667. The van der Waals surface area contributed by atoms with Gasteiger partial charge in [-0.1, -0.05) is 57.0 Å². The molecule has 0 spiro atoms. The maximum Gasteiger partial charge on any atom is 0.135 e. The Bertz CT molecular complexity index is 512. The molecule has 23 heavy (non-hydrogen) atoms. The van der Waals surface area contributed by atoms with Crippen molar-refractivity contribution < 1.29 is 4.79 Å². The van der Waals surface area contributed by atoms with E-state index in [9.17, 15) is 4.79 Å². The van der Waals surface area contributed by atoms with Gasteiger partial charge in [-0.3, -0.25) is 9.69 Å². The van der Waals surface area contributed by atoms with Crippen molar-refractivity contribution in [2.45, 2.75) is 52.5 Å². The Balaban J connectivity index is 1.70. The molecule has 2 heteroatoms. The molecule has 1 aromatic carbocycles. The Kier molecular flexibility index (Phi) is 5.53. The van der Waals surface area contributed by atoms with E-state index in [0.717, 1.165) is 31.2 Å². The van der Waals surface area contributed by atoms with Gasteiger partial charge in [0.05, 0.1) is 0 Å². The van der Waals surface area contributed by atoms with Gasteiger partial charge in [0.2, 0.25) is 0 Å². The molecule has 2 nitrogen and oxygen atoms in total. The molecule has 0 radical (unpaired) electrons. The first-order chi connectivity index (χ1) is 11.2. The first kappa shape index (κ1) is 16.7. The summed E-state index contributed by atoms with van der Waals surface area (Å²) in [7, 11) is 0. The Morgan fingerprint density at radius 2 is 1.96 bits per heavy atom. The number of likely N-dealkylation sites (tertiary alicyclic amines) is 1. The van der Waals surface area contributed by atoms with E-state index in [1.165, 1.54) is 37.9 Å². The highest BCUT2D eigenvalue weighted by Crippen LogP contribution is 2.42. The van der Waals surface area contributed by atoms with E-state index >= 15 is 0 Å². The summed E-state index contributed by atoms with van der Waals surface area (Å²) in [6.07, 6.45) is 5.67. The molecule has 1 saturated heterocycles. The van der Waals surface area contributed by atoms with Gasteiger partial charge in [0.25, 0.3) is 0 Å². The molecular formula is C21H31NO. The average molecular weight is 313 g/mol. The Labute approximate surface area is 141 Å². The largest absolute Gasteiger partial charge is 0.299 e. The van der Waals surface area contributed by atoms with Crippen molar-refractivity contribution in [3.05, 3.63) is 35.9 Å². The van der Waals surface area contributed by atoms with E-state index < -0.39 is 0 Å². The number of hydrogen-bond donors (Lipinski definition) is 0. The van der Waals surface area contributed by atoms with Gasteiger partial charge in [0.15, 0.2) is 0 Å². The van der Waals surface area contributed by atoms with Gasteiger partial charge in [-0.15, -0.1) is 0 Å². The molecule has 1 aliphatic carbocycles. The van der Waals surface area contributed by atoms with Crippen molar-refractivity contribution in [1.82, 2.24) is 4.90 Å². The predicted molar refractivity (Wildman–Crippen MR) is 95.1 cm³/mol. The smallest absolute Gasteiger partial charge is 0.135 e. The van der Waals surface area contributed by atoms with Crippen LogP contribution in [0.1, 0.15) is 51.5 Å². The Hall–Kier alpha value is -1.15. The highest BCUT2D eigenvalue weighted by Gasteiger charge is 2.43. The number of carbonyl (C=O) groups is 1. The van der Waals surface area contributed by atoms with Crippen LogP contribution in [0.3, 0.4) is 0 Å². The molecule has 0 bridgehead atoms. The molecule has 0 N–H and O–H groups in total. The van der Waals surface area contributed by atoms with Crippen LogP contribution in [0.15, 0.2) is 30.3 Å². The molecule has 3 rings (SSSR count). The van der Waals surface area contributed by atoms with Crippen molar-refractivity contribution >= 4 is 5.78 Å². The lowest BCUT2D eigenvalue weighted by atomic mass is 9.75. The van der Waals surface area contributed by atoms with Crippen LogP contribution in [-0.2, 0) is 11.3 Å². The zero-order valence-electron chi connectivity index (χ0n) is 14.7. The van der Waals surface area contributed by atoms with Crippen LogP contribution in [0.2, 0.25) is 0 Å². The van der Waals surface area contributed by atoms with Crippen molar-refractivity contribution in [2.24, 2.45) is 23.7 Å². The van der Waals surface area contributed by atoms with Crippen LogP contribution in [0, 0.1) is 23.7 Å². The number of carbonyl (C=O) groups excluding carboxylic acids is 1. The second-order valence-corrected chi connectivity index (χ2v) is 7.70. The summed E-state index contributed by atoms with van der Waals surface area (Å²) in [6.45, 7) is 7.90. The number of nitrogens with zero attached hydrogens (tertiary/aromatic N) is 1. The highest BCUT2D eigenvalue weighted by molar-refractivity contribution is 5.81. The number of rotatable bonds is 5. The molecule has 4 unspecified atom stereocenters. The molecule has 1 aromatic rings. The molecule has 4 atom stereocenters. The van der Waals surface area contributed by atoms with Crippen LogP contribution < -0.4 is 0 Å². The Morgan fingerprint density at radius 3 is 2.70 bits per heavy atom. The summed E-state index contributed by atoms with van der Waals surface area (Å²) in [4.78, 5) is 15.0. The lowest BCUT2D eigenvalue weighted by Crippen LogP contribution is -2.29. The van der Waals surface area contributed by atoms with Crippen LogP contribution in [0.4, 0.5) is 0 Å². The van der Waals surface area contributed by atoms with Crippen molar-refractivity contribution in [2.75, 3.05) is 13.1 Å². The minimum absolute atomic E-state index is 0.272. The van der Waals surface area contributed by atoms with E-state index in [2.05, 4.69) is 49.1 Å². The summed E-state index contributed by atoms with van der Waals surface area (Å²) < 4.78 is 0. The van der Waals surface area contributed by atoms with Crippen molar-refractivity contribution in [1.29, 1.82) is 0 Å². The zero-order chi connectivity index (χ0) is 16.2. The van der Waals surface area contributed by atoms with E-state index in [4.69, 9.17) is 0 Å². The lowest BCUT2D eigenvalue weighted by Gasteiger charge is -2.29. The number of benzene rings is 1. The zero-order valence-corrected chi connectivity index (χ0v) is 14.7. The minimum Gasteiger partial charge on any atom is -0.299 e. The van der Waals surface area contributed by atoms with Gasteiger partial charge >= 0.3 is 0 Å². The topological polar surface area (TPSA) is 20.3 Å². The van der Waals surface area contributed by atoms with Gasteiger partial charge in [-0.2, -0.15) is 0 Å². The van der Waals surface area contributed by atoms with Crippen LogP contribution in [-0.4, -0.2) is 23.8 Å². The maximum absolute atomic E-state index is 12.4. The van der Waals surface area contributed by atoms with E-state index in [1.807, 2.05) is 0 Å². The van der Waals surface area contributed by atoms with Crippen molar-refractivity contribution in [3.8, 4) is 0 Å². The predicted octanol–water partition coefficient (Wildman–Crippen LogP) is 4.54. The third-order valence-electron chi connectivity index (χ3n) is 6.17. The minimum atomic E-state index is 0.272. The van der Waals surface area contributed by atoms with Gasteiger partial charge in [-0.05, 0) is 36.2 Å². The normalized spacial score (nSPS) is 31.8. The molecule has 2 fully saturated rings. The Morgan fingerprint density at radius 1 is 1.17 bits per heavy atom. The first-order valence-electron chi connectivity index (χ1n) is 9.48. The standard InChI is InChI=1S/C21H31NO/c1-3-4-10-19-16(2)21(23)12-11-18-14-22(15-20(18)19)13-17-8-6-5-7-9-17/h5-9,16,18-20H,3-4,10-15H2,1-2H3. The molecule has 0 aromatic heterocycles. The molecule has 1 saturated carbocycles. The van der Waals surface area contributed by atoms with Crippen LogP contribution in [0.25, 0.3) is 0 Å². The molecule has 1 heterocycles. The summed E-state index contributed by atoms with van der Waals surface area (Å²) in [5, 5.41) is 0. The fourth-order valence-corrected chi connectivity index (χ4v) is 4.82. The number of Topliss-reactive ketones (excluding diaryl/α,β-unsaturated/α-hetero) is 1. The van der Waals surface area contributed by atoms with Crippen LogP contribution >= 0.6 is 0 Å². The summed E-state index contributed by atoms with van der Waals surface area (Å²) in [6, 6.07) is 10.8. The SMILES string of the molecule is CCCCC1C(C)C(=O)CCC2CN(Cc3ccccc3)CC21. The average Bonchev–Trinajstić information content (AvgIpc) is 2.92. The van der Waals surface area contributed by atoms with Crippen molar-refractivity contribution in [3.63, 3.8) is 0 Å². The third kappa shape index (κ3) is 3.85. The van der Waals surface area contributed by atoms with Gasteiger partial charge < -0.3 is 0 Å². The number of fused-ring (bicyclic) bond motifs is 1. The summed E-state index contributed by atoms with van der Waals surface area (Å²) in [5.74, 6) is 2.86. The maximum atomic E-state index is 12.4. The molecular weight excluding hydrogens is 282 g/mol. The summed E-state index contributed by atoms with van der Waals surface area (Å²) in [5.41, 5.74) is 1.41. The molecule has 126 valence electrons. The van der Waals surface area contributed by atoms with Gasteiger partial charge in [0.1, 0.15) is 5.78 Å². The fourth-order valence-electron chi connectivity index (χ4n) is 4.82. The van der Waals surface area contributed by atoms with Gasteiger partial charge in [-0.25, -0.2) is 0 Å². The summed E-state index contributed by atoms with van der Waals surface area (Å²) >= 11 is 0. The van der Waals surface area contributed by atoms with E-state index in [-0.39, 0.29) is 5.92 Å². The monoisotopic (exact) mass is 313 g/mol. The molecule has 1 aliphatic heterocycles. The third-order valence-corrected chi connectivity index (χ3v) is 6.17. The lowest BCUT2D eigenvalue weighted by molar-refractivity contribution is -0.123. The molecule has 2 aliphatic rings. The van der Waals surface area contributed by atoms with E-state index in [0.29, 0.717) is 11.7 Å². The number of ketones is 1. The first-order valence-corrected chi connectivity index (χ1v) is 9.48. The van der Waals surface area contributed by atoms with Crippen LogP contribution in [0.5, 0.6) is 0 Å². The number of unbranched alkanes of at least 4 members (excludes halogenated alkanes) is 1. The molecule has 0 amide bonds. The quantitative estimate of drug-likeness (QED) is 0.795. The second-order valence-electron chi connectivity index (χ2n) is 7.70. The second kappa shape index (κ2) is 7.61. The van der Waals surface area contributed by atoms with Gasteiger partial charge in [0, 0.05) is 32.0 Å².